The smallest absolute Gasteiger partial charge is 0.221 e. The fraction of sp³-hybridized carbons (Fsp3) is 0.923. The molecule has 0 saturated carbocycles. The van der Waals surface area contributed by atoms with E-state index in [1.54, 1.807) is 0 Å². The van der Waals surface area contributed by atoms with Gasteiger partial charge in [0, 0.05) is 12.6 Å². The van der Waals surface area contributed by atoms with Gasteiger partial charge in [-0.15, -0.1) is 0 Å². The molecule has 3 N–H and O–H groups in total. The molecule has 0 radical (unpaired) electrons. The van der Waals surface area contributed by atoms with Gasteiger partial charge in [0.2, 0.25) is 5.91 Å². The van der Waals surface area contributed by atoms with E-state index in [0.29, 0.717) is 6.04 Å². The number of nitrogens with one attached hydrogen (secondary N) is 1. The second-order valence-corrected chi connectivity index (χ2v) is 5.12. The Bertz CT molecular complexity index is 233. The Morgan fingerprint density at radius 1 is 1.41 bits per heavy atom. The Kier molecular flexibility index (Phi) is 6.52. The van der Waals surface area contributed by atoms with Crippen molar-refractivity contribution in [1.82, 2.24) is 10.2 Å². The average molecular weight is 241 g/mol. The zero-order valence-corrected chi connectivity index (χ0v) is 11.2. The molecule has 1 aliphatic rings. The number of hydrogen-bond acceptors (Lipinski definition) is 3. The van der Waals surface area contributed by atoms with Gasteiger partial charge in [0.05, 0.1) is 5.92 Å². The highest BCUT2D eigenvalue weighted by Gasteiger charge is 2.27. The summed E-state index contributed by atoms with van der Waals surface area (Å²) in [5.74, 6) is -0.0687. The summed E-state index contributed by atoms with van der Waals surface area (Å²) in [6.45, 7) is 8.51. The molecule has 17 heavy (non-hydrogen) atoms. The van der Waals surface area contributed by atoms with Crippen LogP contribution in [0.15, 0.2) is 0 Å². The van der Waals surface area contributed by atoms with Crippen molar-refractivity contribution in [2.75, 3.05) is 26.2 Å². The first-order valence-electron chi connectivity index (χ1n) is 6.89. The van der Waals surface area contributed by atoms with Crippen LogP contribution < -0.4 is 11.1 Å². The van der Waals surface area contributed by atoms with E-state index in [-0.39, 0.29) is 11.8 Å². The molecule has 0 aromatic heterocycles. The summed E-state index contributed by atoms with van der Waals surface area (Å²) in [6, 6.07) is 0.594. The first-order valence-corrected chi connectivity index (χ1v) is 6.89. The average Bonchev–Trinajstić information content (AvgIpc) is 2.30. The first-order chi connectivity index (χ1) is 8.15. The van der Waals surface area contributed by atoms with E-state index in [1.165, 1.54) is 6.42 Å². The maximum absolute atomic E-state index is 11.2. The SMILES string of the molecule is CCCNCCCN1CC(C(N)=O)CCC1C. The summed E-state index contributed by atoms with van der Waals surface area (Å²) in [5, 5.41) is 3.41. The van der Waals surface area contributed by atoms with E-state index < -0.39 is 0 Å². The summed E-state index contributed by atoms with van der Waals surface area (Å²) in [5.41, 5.74) is 5.39. The second kappa shape index (κ2) is 7.67. The second-order valence-electron chi connectivity index (χ2n) is 5.12. The van der Waals surface area contributed by atoms with Crippen LogP contribution in [0.4, 0.5) is 0 Å². The van der Waals surface area contributed by atoms with Crippen LogP contribution in [0, 0.1) is 5.92 Å². The molecule has 2 unspecified atom stereocenters. The van der Waals surface area contributed by atoms with E-state index in [2.05, 4.69) is 24.1 Å². The normalized spacial score (nSPS) is 26.0. The van der Waals surface area contributed by atoms with Crippen LogP contribution in [0.2, 0.25) is 0 Å². The van der Waals surface area contributed by atoms with Gasteiger partial charge in [-0.3, -0.25) is 9.69 Å². The van der Waals surface area contributed by atoms with Gasteiger partial charge in [-0.05, 0) is 52.2 Å². The van der Waals surface area contributed by atoms with Gasteiger partial charge < -0.3 is 11.1 Å². The van der Waals surface area contributed by atoms with Gasteiger partial charge in [0.15, 0.2) is 0 Å². The Hall–Kier alpha value is -0.610. The predicted molar refractivity (Wildman–Crippen MR) is 70.7 cm³/mol. The molecule has 0 aliphatic carbocycles. The lowest BCUT2D eigenvalue weighted by atomic mass is 9.93. The van der Waals surface area contributed by atoms with Gasteiger partial charge in [-0.2, -0.15) is 0 Å². The van der Waals surface area contributed by atoms with Gasteiger partial charge >= 0.3 is 0 Å². The van der Waals surface area contributed by atoms with Gasteiger partial charge in [-0.1, -0.05) is 6.92 Å². The topological polar surface area (TPSA) is 58.4 Å². The number of nitrogens with two attached hydrogens (primary N) is 1. The monoisotopic (exact) mass is 241 g/mol. The van der Waals surface area contributed by atoms with Crippen LogP contribution >= 0.6 is 0 Å². The number of carbonyl (C=O) groups excluding carboxylic acids is 1. The zero-order valence-electron chi connectivity index (χ0n) is 11.2. The maximum Gasteiger partial charge on any atom is 0.221 e. The number of carbonyl (C=O) groups is 1. The van der Waals surface area contributed by atoms with Gasteiger partial charge in [0.25, 0.3) is 0 Å². The summed E-state index contributed by atoms with van der Waals surface area (Å²) in [7, 11) is 0. The minimum Gasteiger partial charge on any atom is -0.369 e. The molecule has 0 bridgehead atoms. The fourth-order valence-electron chi connectivity index (χ4n) is 2.43. The van der Waals surface area contributed by atoms with Crippen molar-refractivity contribution in [2.24, 2.45) is 11.7 Å². The quantitative estimate of drug-likeness (QED) is 0.653. The Labute approximate surface area is 105 Å². The lowest BCUT2D eigenvalue weighted by molar-refractivity contribution is -0.123. The van der Waals surface area contributed by atoms with Crippen LogP contribution in [-0.2, 0) is 4.79 Å². The number of primary amides is 1. The molecule has 1 heterocycles. The number of rotatable bonds is 7. The maximum atomic E-state index is 11.2. The molecule has 1 fully saturated rings. The Morgan fingerprint density at radius 2 is 2.18 bits per heavy atom. The molecule has 2 atom stereocenters. The third-order valence-electron chi connectivity index (χ3n) is 3.64. The first kappa shape index (κ1) is 14.5. The van der Waals surface area contributed by atoms with Crippen molar-refractivity contribution in [2.45, 2.75) is 45.6 Å². The van der Waals surface area contributed by atoms with Crippen molar-refractivity contribution in [3.8, 4) is 0 Å². The molecule has 0 aromatic rings. The van der Waals surface area contributed by atoms with Gasteiger partial charge in [0.1, 0.15) is 0 Å². The Balaban J connectivity index is 2.22. The molecule has 100 valence electrons. The van der Waals surface area contributed by atoms with Crippen molar-refractivity contribution in [3.63, 3.8) is 0 Å². The fourth-order valence-corrected chi connectivity index (χ4v) is 2.43. The summed E-state index contributed by atoms with van der Waals surface area (Å²) < 4.78 is 0. The molecule has 4 nitrogen and oxygen atoms in total. The lowest BCUT2D eigenvalue weighted by Gasteiger charge is -2.36. The highest BCUT2D eigenvalue weighted by atomic mass is 16.1. The molecule has 1 saturated heterocycles. The van der Waals surface area contributed by atoms with Crippen LogP contribution in [0.5, 0.6) is 0 Å². The lowest BCUT2D eigenvalue weighted by Crippen LogP contribution is -2.46. The van der Waals surface area contributed by atoms with Crippen molar-refractivity contribution < 1.29 is 4.79 Å². The summed E-state index contributed by atoms with van der Waals surface area (Å²) in [4.78, 5) is 13.6. The van der Waals surface area contributed by atoms with Crippen LogP contribution in [-0.4, -0.2) is 43.0 Å². The molecule has 1 aliphatic heterocycles. The van der Waals surface area contributed by atoms with E-state index in [1.807, 2.05) is 0 Å². The predicted octanol–water partition coefficient (Wildman–Crippen LogP) is 0.962. The molecule has 4 heteroatoms. The number of nitrogens with zero attached hydrogens (tertiary/aromatic N) is 1. The minimum absolute atomic E-state index is 0.0646. The zero-order chi connectivity index (χ0) is 12.7. The molecule has 0 aromatic carbocycles. The van der Waals surface area contributed by atoms with E-state index in [9.17, 15) is 4.79 Å². The molecule has 0 spiro atoms. The van der Waals surface area contributed by atoms with Crippen LogP contribution in [0.25, 0.3) is 0 Å². The van der Waals surface area contributed by atoms with Crippen LogP contribution in [0.1, 0.15) is 39.5 Å². The largest absolute Gasteiger partial charge is 0.369 e. The van der Waals surface area contributed by atoms with E-state index >= 15 is 0 Å². The van der Waals surface area contributed by atoms with Crippen molar-refractivity contribution in [3.05, 3.63) is 0 Å². The van der Waals surface area contributed by atoms with Crippen LogP contribution in [0.3, 0.4) is 0 Å². The highest BCUT2D eigenvalue weighted by Crippen LogP contribution is 2.21. The van der Waals surface area contributed by atoms with Crippen molar-refractivity contribution >= 4 is 5.91 Å². The molecular formula is C13H27N3O. The number of hydrogen-bond donors (Lipinski definition) is 2. The van der Waals surface area contributed by atoms with E-state index in [0.717, 1.165) is 45.4 Å². The number of amides is 1. The standard InChI is InChI=1S/C13H27N3O/c1-3-7-15-8-4-9-16-10-12(13(14)17)6-5-11(16)2/h11-12,15H,3-10H2,1-2H3,(H2,14,17). The van der Waals surface area contributed by atoms with E-state index in [4.69, 9.17) is 5.73 Å². The Morgan fingerprint density at radius 3 is 2.82 bits per heavy atom. The highest BCUT2D eigenvalue weighted by molar-refractivity contribution is 5.76. The molecule has 1 rings (SSSR count). The number of likely N-dealkylation sites (tertiary alicyclic amines) is 1. The molecular weight excluding hydrogens is 214 g/mol. The minimum atomic E-state index is -0.133. The van der Waals surface area contributed by atoms with Gasteiger partial charge in [-0.25, -0.2) is 0 Å². The summed E-state index contributed by atoms with van der Waals surface area (Å²) >= 11 is 0. The van der Waals surface area contributed by atoms with Crippen molar-refractivity contribution in [1.29, 1.82) is 0 Å². The number of piperidine rings is 1. The third kappa shape index (κ3) is 5.04. The third-order valence-corrected chi connectivity index (χ3v) is 3.64. The molecule has 1 amide bonds. The summed E-state index contributed by atoms with van der Waals surface area (Å²) in [6.07, 6.45) is 4.39.